The topological polar surface area (TPSA) is 55.1 Å². The van der Waals surface area contributed by atoms with Gasteiger partial charge in [-0.25, -0.2) is 0 Å². The van der Waals surface area contributed by atoms with Crippen molar-refractivity contribution in [2.75, 3.05) is 0 Å². The zero-order valence-corrected chi connectivity index (χ0v) is 15.6. The monoisotopic (exact) mass is 390 g/mol. The molecule has 3 nitrogen and oxygen atoms in total. The summed E-state index contributed by atoms with van der Waals surface area (Å²) in [5, 5.41) is 2.05. The molecule has 0 aliphatic heterocycles. The third kappa shape index (κ3) is 4.93. The van der Waals surface area contributed by atoms with E-state index in [1.165, 1.54) is 24.0 Å². The SMILES string of the molecule is N[C@@H]1CCCc2ccccc21.O=C(N[C@@H]1CCCc2ccccc21)C(F)(F)F. The molecule has 0 unspecified atom stereocenters. The molecular weight excluding hydrogens is 365 g/mol. The number of fused-ring (bicyclic) bond motifs is 2. The van der Waals surface area contributed by atoms with E-state index >= 15 is 0 Å². The summed E-state index contributed by atoms with van der Waals surface area (Å²) in [5.74, 6) is -1.86. The summed E-state index contributed by atoms with van der Waals surface area (Å²) >= 11 is 0. The Morgan fingerprint density at radius 3 is 2.04 bits per heavy atom. The van der Waals surface area contributed by atoms with Crippen LogP contribution in [0.25, 0.3) is 0 Å². The molecule has 0 bridgehead atoms. The number of amides is 1. The van der Waals surface area contributed by atoms with Crippen LogP contribution in [0.1, 0.15) is 60.0 Å². The number of nitrogens with two attached hydrogens (primary N) is 1. The van der Waals surface area contributed by atoms with Crippen molar-refractivity contribution in [2.24, 2.45) is 5.73 Å². The highest BCUT2D eigenvalue weighted by Gasteiger charge is 2.40. The normalized spacial score (nSPS) is 20.9. The van der Waals surface area contributed by atoms with E-state index in [1.54, 1.807) is 12.1 Å². The minimum absolute atomic E-state index is 0.292. The summed E-state index contributed by atoms with van der Waals surface area (Å²) < 4.78 is 36.5. The van der Waals surface area contributed by atoms with E-state index in [0.29, 0.717) is 12.5 Å². The van der Waals surface area contributed by atoms with Crippen LogP contribution < -0.4 is 11.1 Å². The molecule has 2 aliphatic carbocycles. The van der Waals surface area contributed by atoms with Crippen LogP contribution in [-0.4, -0.2) is 12.1 Å². The number of benzene rings is 2. The third-order valence-corrected chi connectivity index (χ3v) is 5.35. The first-order chi connectivity index (χ1) is 13.4. The molecule has 0 radical (unpaired) electrons. The minimum Gasteiger partial charge on any atom is -0.341 e. The van der Waals surface area contributed by atoms with Crippen LogP contribution in [-0.2, 0) is 17.6 Å². The van der Waals surface area contributed by atoms with E-state index in [1.807, 2.05) is 12.1 Å². The summed E-state index contributed by atoms with van der Waals surface area (Å²) in [6.07, 6.45) is 0.999. The van der Waals surface area contributed by atoms with Crippen LogP contribution in [0.3, 0.4) is 0 Å². The second-order valence-electron chi connectivity index (χ2n) is 7.31. The number of aryl methyl sites for hydroxylation is 2. The van der Waals surface area contributed by atoms with E-state index in [-0.39, 0.29) is 0 Å². The molecule has 6 heteroatoms. The van der Waals surface area contributed by atoms with Gasteiger partial charge in [0.2, 0.25) is 0 Å². The van der Waals surface area contributed by atoms with Crippen molar-refractivity contribution in [3.8, 4) is 0 Å². The Kier molecular flexibility index (Phi) is 6.39. The van der Waals surface area contributed by atoms with E-state index in [2.05, 4.69) is 29.6 Å². The van der Waals surface area contributed by atoms with Gasteiger partial charge in [0.1, 0.15) is 0 Å². The van der Waals surface area contributed by atoms with Gasteiger partial charge in [0.15, 0.2) is 0 Å². The number of carbonyl (C=O) groups is 1. The Labute approximate surface area is 163 Å². The van der Waals surface area contributed by atoms with E-state index in [9.17, 15) is 18.0 Å². The molecule has 150 valence electrons. The van der Waals surface area contributed by atoms with Crippen LogP contribution in [0.5, 0.6) is 0 Å². The van der Waals surface area contributed by atoms with Crippen molar-refractivity contribution < 1.29 is 18.0 Å². The Morgan fingerprint density at radius 1 is 0.893 bits per heavy atom. The minimum atomic E-state index is -4.81. The predicted molar refractivity (Wildman–Crippen MR) is 103 cm³/mol. The quantitative estimate of drug-likeness (QED) is 0.737. The van der Waals surface area contributed by atoms with E-state index in [0.717, 1.165) is 30.4 Å². The lowest BCUT2D eigenvalue weighted by atomic mass is 9.88. The lowest BCUT2D eigenvalue weighted by Crippen LogP contribution is -2.40. The molecular formula is C22H25F3N2O. The number of hydrogen-bond acceptors (Lipinski definition) is 2. The smallest absolute Gasteiger partial charge is 0.341 e. The number of rotatable bonds is 1. The van der Waals surface area contributed by atoms with Gasteiger partial charge in [-0.3, -0.25) is 4.79 Å². The van der Waals surface area contributed by atoms with Crippen molar-refractivity contribution in [3.05, 3.63) is 70.8 Å². The van der Waals surface area contributed by atoms with Crippen LogP contribution >= 0.6 is 0 Å². The third-order valence-electron chi connectivity index (χ3n) is 5.35. The average Bonchev–Trinajstić information content (AvgIpc) is 2.68. The molecule has 2 aliphatic rings. The largest absolute Gasteiger partial charge is 0.471 e. The highest BCUT2D eigenvalue weighted by molar-refractivity contribution is 5.82. The number of halogens is 3. The molecule has 2 aromatic carbocycles. The Balaban J connectivity index is 0.000000176. The Morgan fingerprint density at radius 2 is 1.43 bits per heavy atom. The van der Waals surface area contributed by atoms with Gasteiger partial charge >= 0.3 is 12.1 Å². The van der Waals surface area contributed by atoms with E-state index in [4.69, 9.17) is 5.73 Å². The zero-order chi connectivity index (χ0) is 20.1. The number of alkyl halides is 3. The molecule has 0 spiro atoms. The van der Waals surface area contributed by atoms with Gasteiger partial charge in [-0.15, -0.1) is 0 Å². The highest BCUT2D eigenvalue weighted by Crippen LogP contribution is 2.30. The van der Waals surface area contributed by atoms with Crippen LogP contribution in [0, 0.1) is 0 Å². The van der Waals surface area contributed by atoms with Gasteiger partial charge in [-0.05, 0) is 60.8 Å². The Hall–Kier alpha value is -2.34. The second kappa shape index (κ2) is 8.78. The molecule has 2 atom stereocenters. The summed E-state index contributed by atoms with van der Waals surface area (Å²) in [4.78, 5) is 10.9. The first kappa shape index (κ1) is 20.4. The van der Waals surface area contributed by atoms with Crippen LogP contribution in [0.2, 0.25) is 0 Å². The highest BCUT2D eigenvalue weighted by atomic mass is 19.4. The predicted octanol–water partition coefficient (Wildman–Crippen LogP) is 4.77. The molecule has 2 aromatic rings. The first-order valence-electron chi connectivity index (χ1n) is 9.65. The van der Waals surface area contributed by atoms with Crippen molar-refractivity contribution in [1.82, 2.24) is 5.32 Å². The standard InChI is InChI=1S/C12H12F3NO.C10H13N/c13-12(14,15)11(17)16-10-7-3-5-8-4-1-2-6-9(8)10;11-10-7-3-5-8-4-1-2-6-9(8)10/h1-2,4,6,10H,3,5,7H2,(H,16,17);1-2,4,6,10H,3,5,7,11H2/t2*10-/m11/s1. The second-order valence-corrected chi connectivity index (χ2v) is 7.31. The molecule has 0 saturated carbocycles. The lowest BCUT2D eigenvalue weighted by Gasteiger charge is -2.26. The fourth-order valence-electron chi connectivity index (χ4n) is 3.94. The first-order valence-corrected chi connectivity index (χ1v) is 9.65. The van der Waals surface area contributed by atoms with Crippen molar-refractivity contribution >= 4 is 5.91 Å². The number of nitrogens with one attached hydrogen (secondary N) is 1. The van der Waals surface area contributed by atoms with Crippen molar-refractivity contribution in [1.29, 1.82) is 0 Å². The fraction of sp³-hybridized carbons (Fsp3) is 0.409. The molecule has 0 heterocycles. The molecule has 0 fully saturated rings. The molecule has 0 saturated heterocycles. The summed E-state index contributed by atoms with van der Waals surface area (Å²) in [5.41, 5.74) is 10.6. The van der Waals surface area contributed by atoms with Crippen LogP contribution in [0.15, 0.2) is 48.5 Å². The molecule has 28 heavy (non-hydrogen) atoms. The van der Waals surface area contributed by atoms with Crippen molar-refractivity contribution in [3.63, 3.8) is 0 Å². The number of carbonyl (C=O) groups excluding carboxylic acids is 1. The maximum Gasteiger partial charge on any atom is 0.471 e. The summed E-state index contributed by atoms with van der Waals surface area (Å²) in [6, 6.07) is 15.6. The lowest BCUT2D eigenvalue weighted by molar-refractivity contribution is -0.174. The van der Waals surface area contributed by atoms with E-state index < -0.39 is 18.1 Å². The van der Waals surface area contributed by atoms with Gasteiger partial charge in [0, 0.05) is 6.04 Å². The number of hydrogen-bond donors (Lipinski definition) is 2. The fourth-order valence-corrected chi connectivity index (χ4v) is 3.94. The van der Waals surface area contributed by atoms with Gasteiger partial charge in [-0.2, -0.15) is 13.2 Å². The van der Waals surface area contributed by atoms with Gasteiger partial charge in [-0.1, -0.05) is 48.5 Å². The van der Waals surface area contributed by atoms with Gasteiger partial charge in [0.25, 0.3) is 0 Å². The molecule has 1 amide bonds. The maximum absolute atomic E-state index is 12.2. The molecule has 0 aromatic heterocycles. The summed E-state index contributed by atoms with van der Waals surface area (Å²) in [7, 11) is 0. The molecule has 3 N–H and O–H groups in total. The maximum atomic E-state index is 12.2. The Bertz CT molecular complexity index is 819. The average molecular weight is 390 g/mol. The van der Waals surface area contributed by atoms with Crippen LogP contribution in [0.4, 0.5) is 13.2 Å². The van der Waals surface area contributed by atoms with Crippen molar-refractivity contribution in [2.45, 2.75) is 56.8 Å². The van der Waals surface area contributed by atoms with Gasteiger partial charge < -0.3 is 11.1 Å². The molecule has 4 rings (SSSR count). The van der Waals surface area contributed by atoms with Gasteiger partial charge in [0.05, 0.1) is 6.04 Å². The summed E-state index contributed by atoms with van der Waals surface area (Å²) in [6.45, 7) is 0. The zero-order valence-electron chi connectivity index (χ0n) is 15.6.